The number of carbonyl (C=O) groups excluding carboxylic acids is 1. The fraction of sp³-hybridized carbons (Fsp3) is 0.911. The number of unbranched alkanes of at least 4 members (excludes halogenated alkanes) is 34. The Balaban J connectivity index is 2.13. The fourth-order valence-corrected chi connectivity index (χ4v) is 8.76. The summed E-state index contributed by atoms with van der Waals surface area (Å²) in [6, 6.07) is 0. The van der Waals surface area contributed by atoms with Gasteiger partial charge in [0.2, 0.25) is 0 Å². The van der Waals surface area contributed by atoms with E-state index < -0.39 is 43.4 Å². The molecule has 0 saturated carbocycles. The summed E-state index contributed by atoms with van der Waals surface area (Å²) in [7, 11) is 0. The predicted octanol–water partition coefficient (Wildman–Crippen LogP) is 14.1. The average Bonchev–Trinajstić information content (AvgIpc) is 3.31. The summed E-state index contributed by atoms with van der Waals surface area (Å²) in [5, 5.41) is 40.3. The Morgan fingerprint density at radius 3 is 1.32 bits per heavy atom. The van der Waals surface area contributed by atoms with Crippen LogP contribution < -0.4 is 0 Å². The van der Waals surface area contributed by atoms with Crippen molar-refractivity contribution in [2.75, 3.05) is 26.4 Å². The molecule has 0 aliphatic carbocycles. The molecule has 1 saturated heterocycles. The number of hydrogen-bond donors (Lipinski definition) is 4. The van der Waals surface area contributed by atoms with Crippen molar-refractivity contribution < 1.29 is 44.2 Å². The van der Waals surface area contributed by atoms with Gasteiger partial charge in [-0.1, -0.05) is 237 Å². The molecule has 9 heteroatoms. The van der Waals surface area contributed by atoms with Gasteiger partial charge in [0.25, 0.3) is 0 Å². The summed E-state index contributed by atoms with van der Waals surface area (Å²) in [6.07, 6.45) is 50.8. The number of allylic oxidation sites excluding steroid dienone is 4. The number of ether oxygens (including phenoxy) is 4. The van der Waals surface area contributed by atoms with Crippen molar-refractivity contribution in [3.05, 3.63) is 24.3 Å². The number of rotatable bonds is 49. The third-order valence-electron chi connectivity index (χ3n) is 13.1. The lowest BCUT2D eigenvalue weighted by Gasteiger charge is -2.39. The highest BCUT2D eigenvalue weighted by molar-refractivity contribution is 5.69. The maximum Gasteiger partial charge on any atom is 0.306 e. The van der Waals surface area contributed by atoms with Gasteiger partial charge in [0, 0.05) is 13.0 Å². The van der Waals surface area contributed by atoms with Crippen LogP contribution in [0.1, 0.15) is 264 Å². The zero-order valence-electron chi connectivity index (χ0n) is 42.5. The highest BCUT2D eigenvalue weighted by Crippen LogP contribution is 2.23. The monoisotopic (exact) mass is 923 g/mol. The molecule has 0 aromatic heterocycles. The average molecular weight is 923 g/mol. The van der Waals surface area contributed by atoms with Crippen molar-refractivity contribution in [3.8, 4) is 0 Å². The van der Waals surface area contributed by atoms with Crippen molar-refractivity contribution in [2.24, 2.45) is 0 Å². The van der Waals surface area contributed by atoms with E-state index >= 15 is 0 Å². The Hall–Kier alpha value is -1.33. The molecule has 0 amide bonds. The van der Waals surface area contributed by atoms with Gasteiger partial charge in [0.1, 0.15) is 30.5 Å². The molecule has 384 valence electrons. The Kier molecular flexibility index (Phi) is 45.3. The molecule has 6 atom stereocenters. The van der Waals surface area contributed by atoms with E-state index in [1.807, 2.05) is 0 Å². The smallest absolute Gasteiger partial charge is 0.306 e. The molecule has 0 aromatic rings. The van der Waals surface area contributed by atoms with Crippen molar-refractivity contribution in [3.63, 3.8) is 0 Å². The van der Waals surface area contributed by atoms with Crippen molar-refractivity contribution >= 4 is 5.97 Å². The van der Waals surface area contributed by atoms with E-state index in [1.54, 1.807) is 0 Å². The van der Waals surface area contributed by atoms with Crippen LogP contribution in [-0.2, 0) is 23.7 Å². The number of aliphatic hydroxyl groups excluding tert-OH is 4. The van der Waals surface area contributed by atoms with Crippen molar-refractivity contribution in [1.29, 1.82) is 0 Å². The van der Waals surface area contributed by atoms with Crippen LogP contribution in [0, 0.1) is 0 Å². The zero-order chi connectivity index (χ0) is 47.1. The second-order valence-corrected chi connectivity index (χ2v) is 19.4. The molecular formula is C56H106O9. The number of carbonyl (C=O) groups is 1. The van der Waals surface area contributed by atoms with Gasteiger partial charge >= 0.3 is 5.97 Å². The standard InChI is InChI=1S/C56H106O9/c1-3-5-7-9-11-13-15-17-19-21-22-23-24-25-26-27-28-29-30-32-34-36-38-40-42-44-46-62-48-50(49-63-56-55(61)54(60)53(59)51(47-57)65-56)64-52(58)45-43-41-39-37-35-33-31-20-18-16-14-12-10-8-6-4-2/h15,17,21-22,50-51,53-57,59-61H,3-14,16,18-20,23-49H2,1-2H3/b17-15-,22-21-. The Bertz CT molecular complexity index is 1050. The van der Waals surface area contributed by atoms with Gasteiger partial charge in [-0.2, -0.15) is 0 Å². The molecule has 65 heavy (non-hydrogen) atoms. The van der Waals surface area contributed by atoms with Crippen LogP contribution in [0.15, 0.2) is 24.3 Å². The molecule has 0 spiro atoms. The second-order valence-electron chi connectivity index (χ2n) is 19.4. The van der Waals surface area contributed by atoms with Crippen molar-refractivity contribution in [2.45, 2.75) is 301 Å². The first-order valence-electron chi connectivity index (χ1n) is 27.9. The molecular weight excluding hydrogens is 817 g/mol. The lowest BCUT2D eigenvalue weighted by molar-refractivity contribution is -0.305. The SMILES string of the molecule is CCCCCCC/C=C\C/C=C\CCCCCCCCCCCCCCCCOCC(COC1OC(CO)C(O)C(O)C1O)OC(=O)CCCCCCCCCCCCCCCCCC. The van der Waals surface area contributed by atoms with Gasteiger partial charge < -0.3 is 39.4 Å². The second kappa shape index (κ2) is 47.7. The number of aliphatic hydroxyl groups is 4. The lowest BCUT2D eigenvalue weighted by Crippen LogP contribution is -2.59. The van der Waals surface area contributed by atoms with Crippen LogP contribution in [0.4, 0.5) is 0 Å². The Morgan fingerprint density at radius 2 is 0.892 bits per heavy atom. The predicted molar refractivity (Wildman–Crippen MR) is 270 cm³/mol. The van der Waals surface area contributed by atoms with Crippen LogP contribution in [0.2, 0.25) is 0 Å². The minimum Gasteiger partial charge on any atom is -0.457 e. The normalized spacial score (nSPS) is 19.5. The van der Waals surface area contributed by atoms with E-state index in [0.717, 1.165) is 38.5 Å². The van der Waals surface area contributed by atoms with Gasteiger partial charge in [-0.25, -0.2) is 0 Å². The van der Waals surface area contributed by atoms with Crippen LogP contribution in [0.25, 0.3) is 0 Å². The van der Waals surface area contributed by atoms with Crippen molar-refractivity contribution in [1.82, 2.24) is 0 Å². The third kappa shape index (κ3) is 38.2. The van der Waals surface area contributed by atoms with E-state index in [9.17, 15) is 25.2 Å². The summed E-state index contributed by atoms with van der Waals surface area (Å²) in [5.41, 5.74) is 0. The van der Waals surface area contributed by atoms with Gasteiger partial charge in [0.05, 0.1) is 19.8 Å². The largest absolute Gasteiger partial charge is 0.457 e. The summed E-state index contributed by atoms with van der Waals surface area (Å²) in [5.74, 6) is -0.308. The quantitative estimate of drug-likeness (QED) is 0.0267. The molecule has 0 aromatic carbocycles. The first-order valence-corrected chi connectivity index (χ1v) is 27.9. The topological polar surface area (TPSA) is 135 Å². The van der Waals surface area contributed by atoms with E-state index in [0.29, 0.717) is 13.0 Å². The number of esters is 1. The zero-order valence-corrected chi connectivity index (χ0v) is 42.5. The first kappa shape index (κ1) is 61.7. The van der Waals surface area contributed by atoms with Gasteiger partial charge in [-0.15, -0.1) is 0 Å². The highest BCUT2D eigenvalue weighted by Gasteiger charge is 2.44. The molecule has 6 unspecified atom stereocenters. The molecule has 0 bridgehead atoms. The lowest BCUT2D eigenvalue weighted by atomic mass is 9.99. The Labute approximate surface area is 400 Å². The molecule has 9 nitrogen and oxygen atoms in total. The van der Waals surface area contributed by atoms with E-state index in [-0.39, 0.29) is 19.2 Å². The van der Waals surface area contributed by atoms with Gasteiger partial charge in [0.15, 0.2) is 6.29 Å². The molecule has 1 fully saturated rings. The maximum atomic E-state index is 12.8. The fourth-order valence-electron chi connectivity index (χ4n) is 8.76. The summed E-state index contributed by atoms with van der Waals surface area (Å²) in [6.45, 7) is 4.60. The molecule has 0 radical (unpaired) electrons. The van der Waals surface area contributed by atoms with E-state index in [2.05, 4.69) is 38.2 Å². The Morgan fingerprint density at radius 1 is 0.492 bits per heavy atom. The minimum absolute atomic E-state index is 0.108. The summed E-state index contributed by atoms with van der Waals surface area (Å²) in [4.78, 5) is 12.8. The van der Waals surface area contributed by atoms with Crippen LogP contribution in [0.5, 0.6) is 0 Å². The van der Waals surface area contributed by atoms with Crippen LogP contribution in [0.3, 0.4) is 0 Å². The summed E-state index contributed by atoms with van der Waals surface area (Å²) >= 11 is 0. The summed E-state index contributed by atoms with van der Waals surface area (Å²) < 4.78 is 22.9. The molecule has 1 rings (SSSR count). The van der Waals surface area contributed by atoms with E-state index in [4.69, 9.17) is 18.9 Å². The molecule has 1 aliphatic heterocycles. The van der Waals surface area contributed by atoms with Gasteiger partial charge in [-0.3, -0.25) is 4.79 Å². The first-order chi connectivity index (χ1) is 31.9. The highest BCUT2D eigenvalue weighted by atomic mass is 16.7. The van der Waals surface area contributed by atoms with E-state index in [1.165, 1.54) is 205 Å². The maximum absolute atomic E-state index is 12.8. The molecule has 1 aliphatic rings. The van der Waals surface area contributed by atoms with Crippen LogP contribution in [-0.4, -0.2) is 89.6 Å². The third-order valence-corrected chi connectivity index (χ3v) is 13.1. The molecule has 4 N–H and O–H groups in total. The van der Waals surface area contributed by atoms with Crippen LogP contribution >= 0.6 is 0 Å². The van der Waals surface area contributed by atoms with Gasteiger partial charge in [-0.05, 0) is 44.9 Å². The minimum atomic E-state index is -1.53. The molecule has 1 heterocycles. The number of hydrogen-bond acceptors (Lipinski definition) is 9.